The van der Waals surface area contributed by atoms with Crippen molar-refractivity contribution in [3.05, 3.63) is 20.8 Å². The number of carbonyl (C=O) groups excluding carboxylic acids is 1. The van der Waals surface area contributed by atoms with Gasteiger partial charge in [-0.3, -0.25) is 9.69 Å². The van der Waals surface area contributed by atoms with Gasteiger partial charge in [0.2, 0.25) is 5.91 Å². The summed E-state index contributed by atoms with van der Waals surface area (Å²) < 4.78 is 1.08. The summed E-state index contributed by atoms with van der Waals surface area (Å²) >= 11 is 5.20. The van der Waals surface area contributed by atoms with Crippen molar-refractivity contribution in [2.45, 2.75) is 37.9 Å². The largest absolute Gasteiger partial charge is 0.347 e. The second-order valence-electron chi connectivity index (χ2n) is 5.60. The van der Waals surface area contributed by atoms with E-state index in [1.54, 1.807) is 16.2 Å². The number of carbonyl (C=O) groups is 1. The minimum Gasteiger partial charge on any atom is -0.347 e. The van der Waals surface area contributed by atoms with Crippen molar-refractivity contribution in [1.29, 1.82) is 0 Å². The maximum absolute atomic E-state index is 12.4. The predicted octanol–water partition coefficient (Wildman–Crippen LogP) is 2.45. The van der Waals surface area contributed by atoms with Crippen LogP contribution < -0.4 is 5.73 Å². The summed E-state index contributed by atoms with van der Waals surface area (Å²) in [4.78, 5) is 17.6. The van der Waals surface area contributed by atoms with Gasteiger partial charge in [-0.25, -0.2) is 0 Å². The number of hydrogen-bond donors (Lipinski definition) is 1. The maximum atomic E-state index is 12.4. The normalized spacial score (nSPS) is 22.8. The summed E-state index contributed by atoms with van der Waals surface area (Å²) in [6.07, 6.45) is 1.98. The molecule has 112 valence electrons. The molecule has 2 heterocycles. The summed E-state index contributed by atoms with van der Waals surface area (Å²) in [6.45, 7) is 2.96. The van der Waals surface area contributed by atoms with Crippen molar-refractivity contribution in [1.82, 2.24) is 9.80 Å². The van der Waals surface area contributed by atoms with Crippen LogP contribution in [-0.2, 0) is 4.79 Å². The average Bonchev–Trinajstić information content (AvgIpc) is 2.98. The molecule has 1 aromatic rings. The van der Waals surface area contributed by atoms with Crippen LogP contribution in [0, 0.1) is 0 Å². The lowest BCUT2D eigenvalue weighted by Gasteiger charge is -2.35. The Kier molecular flexibility index (Phi) is 5.23. The summed E-state index contributed by atoms with van der Waals surface area (Å²) in [5, 5.41) is 2.07. The number of thiophene rings is 1. The molecule has 1 aliphatic rings. The van der Waals surface area contributed by atoms with Crippen molar-refractivity contribution >= 4 is 33.2 Å². The Morgan fingerprint density at radius 1 is 1.60 bits per heavy atom. The highest BCUT2D eigenvalue weighted by atomic mass is 79.9. The molecule has 0 bridgehead atoms. The molecule has 0 spiro atoms. The highest BCUT2D eigenvalue weighted by Crippen LogP contribution is 2.36. The Bertz CT molecular complexity index is 475. The molecule has 6 heteroatoms. The van der Waals surface area contributed by atoms with Gasteiger partial charge < -0.3 is 10.6 Å². The Hall–Kier alpha value is -0.430. The van der Waals surface area contributed by atoms with Crippen LogP contribution in [0.15, 0.2) is 15.9 Å². The molecule has 0 aliphatic carbocycles. The zero-order chi connectivity index (χ0) is 14.9. The van der Waals surface area contributed by atoms with E-state index in [9.17, 15) is 4.79 Å². The van der Waals surface area contributed by atoms with E-state index in [4.69, 9.17) is 5.73 Å². The Labute approximate surface area is 133 Å². The highest BCUT2D eigenvalue weighted by Gasteiger charge is 2.38. The number of likely N-dealkylation sites (tertiary alicyclic amines) is 1. The number of nitrogens with two attached hydrogens (primary N) is 1. The highest BCUT2D eigenvalue weighted by molar-refractivity contribution is 9.10. The fourth-order valence-corrected chi connectivity index (χ4v) is 4.57. The number of hydrogen-bond acceptors (Lipinski definition) is 4. The van der Waals surface area contributed by atoms with Gasteiger partial charge in [0.05, 0.1) is 12.1 Å². The molecule has 1 aromatic heterocycles. The molecule has 0 saturated carbocycles. The van der Waals surface area contributed by atoms with Crippen LogP contribution in [0.4, 0.5) is 0 Å². The van der Waals surface area contributed by atoms with Crippen LogP contribution >= 0.6 is 27.3 Å². The van der Waals surface area contributed by atoms with Gasteiger partial charge in [0.1, 0.15) is 0 Å². The van der Waals surface area contributed by atoms with Crippen molar-refractivity contribution in [3.8, 4) is 0 Å². The van der Waals surface area contributed by atoms with Gasteiger partial charge in [-0.15, -0.1) is 11.3 Å². The first-order valence-corrected chi connectivity index (χ1v) is 8.55. The van der Waals surface area contributed by atoms with Crippen LogP contribution in [0.3, 0.4) is 0 Å². The standard InChI is InChI=1S/C14H22BrN3OS/c1-9(16)13(12-7-10(15)8-20-12)18-6-4-5-11(18)14(19)17(2)3/h7-9,11,13H,4-6,16H2,1-3H3. The molecule has 3 atom stereocenters. The van der Waals surface area contributed by atoms with Crippen LogP contribution in [-0.4, -0.2) is 48.4 Å². The molecule has 1 saturated heterocycles. The van der Waals surface area contributed by atoms with E-state index in [0.717, 1.165) is 23.9 Å². The van der Waals surface area contributed by atoms with Gasteiger partial charge in [0.15, 0.2) is 0 Å². The van der Waals surface area contributed by atoms with E-state index < -0.39 is 0 Å². The first-order chi connectivity index (χ1) is 9.41. The lowest BCUT2D eigenvalue weighted by Crippen LogP contribution is -2.48. The number of rotatable bonds is 4. The first kappa shape index (κ1) is 15.9. The van der Waals surface area contributed by atoms with E-state index in [2.05, 4.69) is 32.3 Å². The molecule has 1 fully saturated rings. The SMILES string of the molecule is CC(N)C(c1cc(Br)cs1)N1CCCC1C(=O)N(C)C. The van der Waals surface area contributed by atoms with E-state index in [0.29, 0.717) is 0 Å². The van der Waals surface area contributed by atoms with E-state index in [1.807, 2.05) is 21.0 Å². The number of halogens is 1. The minimum atomic E-state index is -0.0399. The molecule has 0 radical (unpaired) electrons. The number of nitrogens with zero attached hydrogens (tertiary/aromatic N) is 2. The van der Waals surface area contributed by atoms with Gasteiger partial charge in [-0.1, -0.05) is 0 Å². The number of likely N-dealkylation sites (N-methyl/N-ethyl adjacent to an activating group) is 1. The first-order valence-electron chi connectivity index (χ1n) is 6.88. The predicted molar refractivity (Wildman–Crippen MR) is 86.8 cm³/mol. The van der Waals surface area contributed by atoms with Crippen molar-refractivity contribution < 1.29 is 4.79 Å². The minimum absolute atomic E-state index is 0.00360. The topological polar surface area (TPSA) is 49.6 Å². The quantitative estimate of drug-likeness (QED) is 0.897. The van der Waals surface area contributed by atoms with Gasteiger partial charge in [-0.05, 0) is 48.3 Å². The number of amides is 1. The van der Waals surface area contributed by atoms with E-state index in [-0.39, 0.29) is 24.0 Å². The summed E-state index contributed by atoms with van der Waals surface area (Å²) in [7, 11) is 3.64. The zero-order valence-corrected chi connectivity index (χ0v) is 14.6. The third kappa shape index (κ3) is 3.24. The molecule has 20 heavy (non-hydrogen) atoms. The smallest absolute Gasteiger partial charge is 0.239 e. The monoisotopic (exact) mass is 359 g/mol. The molecular formula is C14H22BrN3OS. The third-order valence-corrected chi connectivity index (χ3v) is 5.52. The molecule has 2 rings (SSSR count). The summed E-state index contributed by atoms with van der Waals surface area (Å²) in [5.74, 6) is 0.184. The molecule has 3 unspecified atom stereocenters. The fraction of sp³-hybridized carbons (Fsp3) is 0.643. The molecule has 1 amide bonds. The summed E-state index contributed by atoms with van der Waals surface area (Å²) in [5.41, 5.74) is 6.22. The average molecular weight is 360 g/mol. The summed E-state index contributed by atoms with van der Waals surface area (Å²) in [6, 6.07) is 2.19. The Balaban J connectivity index is 2.27. The van der Waals surface area contributed by atoms with E-state index in [1.165, 1.54) is 4.88 Å². The maximum Gasteiger partial charge on any atom is 0.239 e. The van der Waals surface area contributed by atoms with Gasteiger partial charge in [-0.2, -0.15) is 0 Å². The lowest BCUT2D eigenvalue weighted by molar-refractivity contribution is -0.134. The van der Waals surface area contributed by atoms with Gasteiger partial charge in [0, 0.05) is 34.9 Å². The van der Waals surface area contributed by atoms with Crippen molar-refractivity contribution in [2.75, 3.05) is 20.6 Å². The molecule has 2 N–H and O–H groups in total. The lowest BCUT2D eigenvalue weighted by atomic mass is 10.1. The van der Waals surface area contributed by atoms with E-state index >= 15 is 0 Å². The van der Waals surface area contributed by atoms with Gasteiger partial charge in [0.25, 0.3) is 0 Å². The van der Waals surface area contributed by atoms with Crippen LogP contribution in [0.1, 0.15) is 30.7 Å². The third-order valence-electron chi connectivity index (χ3n) is 3.75. The second kappa shape index (κ2) is 6.56. The van der Waals surface area contributed by atoms with Crippen molar-refractivity contribution in [2.24, 2.45) is 5.73 Å². The van der Waals surface area contributed by atoms with Crippen LogP contribution in [0.5, 0.6) is 0 Å². The van der Waals surface area contributed by atoms with Gasteiger partial charge >= 0.3 is 0 Å². The fourth-order valence-electron chi connectivity index (χ4n) is 2.89. The van der Waals surface area contributed by atoms with Crippen LogP contribution in [0.2, 0.25) is 0 Å². The van der Waals surface area contributed by atoms with Crippen molar-refractivity contribution in [3.63, 3.8) is 0 Å². The van der Waals surface area contributed by atoms with Crippen LogP contribution in [0.25, 0.3) is 0 Å². The molecular weight excluding hydrogens is 338 g/mol. The Morgan fingerprint density at radius 2 is 2.30 bits per heavy atom. The second-order valence-corrected chi connectivity index (χ2v) is 7.46. The molecule has 4 nitrogen and oxygen atoms in total. The zero-order valence-electron chi connectivity index (χ0n) is 12.2. The Morgan fingerprint density at radius 3 is 2.80 bits per heavy atom. The molecule has 0 aromatic carbocycles. The molecule has 1 aliphatic heterocycles.